The molecule has 220 valence electrons. The van der Waals surface area contributed by atoms with E-state index < -0.39 is 7.14 Å². The molecular formula is C43H31O2P. The SMILES string of the molecule is CC1(C)c2ccc(-c3ccc4oc5ccc(P(=O)(c6ccccc6)c6ccccc6)cc5c4c3)cc2-c2cc3ccccc3cc21. The number of hydrogen-bond donors (Lipinski definition) is 0. The first-order valence-corrected chi connectivity index (χ1v) is 17.5. The molecule has 2 nitrogen and oxygen atoms in total. The summed E-state index contributed by atoms with van der Waals surface area (Å²) in [5.41, 5.74) is 9.20. The largest absolute Gasteiger partial charge is 0.456 e. The molecular weight excluding hydrogens is 579 g/mol. The van der Waals surface area contributed by atoms with Crippen LogP contribution in [0.15, 0.2) is 156 Å². The van der Waals surface area contributed by atoms with Gasteiger partial charge in [-0.15, -0.1) is 0 Å². The van der Waals surface area contributed by atoms with Gasteiger partial charge in [-0.05, 0) is 92.7 Å². The van der Waals surface area contributed by atoms with Gasteiger partial charge in [-0.3, -0.25) is 0 Å². The fraction of sp³-hybridized carbons (Fsp3) is 0.0698. The molecule has 0 atom stereocenters. The molecule has 0 unspecified atom stereocenters. The molecule has 0 fully saturated rings. The van der Waals surface area contributed by atoms with Crippen LogP contribution in [0.25, 0.3) is 55.0 Å². The van der Waals surface area contributed by atoms with E-state index in [9.17, 15) is 0 Å². The van der Waals surface area contributed by atoms with E-state index in [0.717, 1.165) is 43.4 Å². The summed E-state index contributed by atoms with van der Waals surface area (Å²) in [4.78, 5) is 0. The summed E-state index contributed by atoms with van der Waals surface area (Å²) in [6.45, 7) is 4.66. The lowest BCUT2D eigenvalue weighted by Gasteiger charge is -2.22. The Bertz CT molecular complexity index is 2480. The van der Waals surface area contributed by atoms with Gasteiger partial charge in [0.25, 0.3) is 0 Å². The van der Waals surface area contributed by atoms with E-state index in [-0.39, 0.29) is 5.41 Å². The van der Waals surface area contributed by atoms with Crippen LogP contribution in [0.2, 0.25) is 0 Å². The molecule has 0 saturated carbocycles. The monoisotopic (exact) mass is 610 g/mol. The highest BCUT2D eigenvalue weighted by molar-refractivity contribution is 7.85. The van der Waals surface area contributed by atoms with Crippen LogP contribution >= 0.6 is 7.14 Å². The summed E-state index contributed by atoms with van der Waals surface area (Å²) in [5.74, 6) is 0. The molecule has 3 heteroatoms. The lowest BCUT2D eigenvalue weighted by molar-refractivity contribution is 0.592. The van der Waals surface area contributed by atoms with Gasteiger partial charge < -0.3 is 8.98 Å². The van der Waals surface area contributed by atoms with Crippen LogP contribution in [0.4, 0.5) is 0 Å². The van der Waals surface area contributed by atoms with Crippen molar-refractivity contribution in [2.75, 3.05) is 0 Å². The summed E-state index contributed by atoms with van der Waals surface area (Å²) >= 11 is 0. The highest BCUT2D eigenvalue weighted by Crippen LogP contribution is 2.51. The van der Waals surface area contributed by atoms with Crippen molar-refractivity contribution in [1.29, 1.82) is 0 Å². The highest BCUT2D eigenvalue weighted by Gasteiger charge is 2.36. The maximum Gasteiger partial charge on any atom is 0.171 e. The molecule has 8 aromatic rings. The van der Waals surface area contributed by atoms with Gasteiger partial charge in [0.1, 0.15) is 11.2 Å². The Morgan fingerprint density at radius 1 is 0.478 bits per heavy atom. The number of rotatable bonds is 4. The average Bonchev–Trinajstić information content (AvgIpc) is 3.58. The van der Waals surface area contributed by atoms with Crippen LogP contribution in [-0.2, 0) is 9.98 Å². The zero-order chi connectivity index (χ0) is 31.0. The molecule has 0 saturated heterocycles. The van der Waals surface area contributed by atoms with Gasteiger partial charge in [0, 0.05) is 32.1 Å². The summed E-state index contributed by atoms with van der Waals surface area (Å²) in [6.07, 6.45) is 0. The third-order valence-electron chi connectivity index (χ3n) is 9.93. The lowest BCUT2D eigenvalue weighted by atomic mass is 9.81. The van der Waals surface area contributed by atoms with Gasteiger partial charge in [-0.2, -0.15) is 0 Å². The van der Waals surface area contributed by atoms with Crippen molar-refractivity contribution < 1.29 is 8.98 Å². The molecule has 46 heavy (non-hydrogen) atoms. The predicted molar refractivity (Wildman–Crippen MR) is 194 cm³/mol. The molecule has 1 aromatic heterocycles. The van der Waals surface area contributed by atoms with Crippen LogP contribution in [0.1, 0.15) is 25.0 Å². The molecule has 1 heterocycles. The Balaban J connectivity index is 1.20. The van der Waals surface area contributed by atoms with E-state index in [0.29, 0.717) is 0 Å². The van der Waals surface area contributed by atoms with Gasteiger partial charge in [-0.1, -0.05) is 117 Å². The first kappa shape index (κ1) is 27.2. The minimum Gasteiger partial charge on any atom is -0.456 e. The second kappa shape index (κ2) is 9.91. The third kappa shape index (κ3) is 3.94. The van der Waals surface area contributed by atoms with Crippen molar-refractivity contribution in [2.45, 2.75) is 19.3 Å². The van der Waals surface area contributed by atoms with Crippen LogP contribution in [0, 0.1) is 0 Å². The molecule has 0 N–H and O–H groups in total. The maximum absolute atomic E-state index is 15.1. The fourth-order valence-corrected chi connectivity index (χ4v) is 10.2. The Kier molecular flexibility index (Phi) is 5.85. The standard InChI is InChI=1S/C43H31O2P/c1-43(2)39-20-17-30(24-35(39)36-23-28-11-9-10-12-29(28)26-40(36)43)31-18-21-41-37(25-31)38-27-34(19-22-42(38)45-41)46(44,32-13-5-3-6-14-32)33-15-7-4-8-16-33/h3-27H,1-2H3. The normalized spacial score (nSPS) is 13.7. The van der Waals surface area contributed by atoms with Crippen LogP contribution in [0.5, 0.6) is 0 Å². The summed E-state index contributed by atoms with van der Waals surface area (Å²) in [6, 6.07) is 52.4. The molecule has 9 rings (SSSR count). The molecule has 1 aliphatic carbocycles. The Labute approximate surface area is 268 Å². The molecule has 0 radical (unpaired) electrons. The van der Waals surface area contributed by atoms with Gasteiger partial charge in [0.05, 0.1) is 0 Å². The molecule has 0 amide bonds. The first-order chi connectivity index (χ1) is 22.4. The van der Waals surface area contributed by atoms with E-state index in [4.69, 9.17) is 4.42 Å². The second-order valence-electron chi connectivity index (χ2n) is 12.9. The molecule has 7 aromatic carbocycles. The topological polar surface area (TPSA) is 30.2 Å². The Morgan fingerprint density at radius 2 is 1.02 bits per heavy atom. The smallest absolute Gasteiger partial charge is 0.171 e. The van der Waals surface area contributed by atoms with Crippen molar-refractivity contribution in [1.82, 2.24) is 0 Å². The Hall–Kier alpha value is -5.17. The second-order valence-corrected chi connectivity index (χ2v) is 15.7. The summed E-state index contributed by atoms with van der Waals surface area (Å²) in [5, 5.41) is 6.99. The van der Waals surface area contributed by atoms with Crippen LogP contribution in [-0.4, -0.2) is 0 Å². The van der Waals surface area contributed by atoms with E-state index in [1.165, 1.54) is 38.6 Å². The summed E-state index contributed by atoms with van der Waals surface area (Å²) in [7, 11) is -3.12. The van der Waals surface area contributed by atoms with Gasteiger partial charge in [-0.25, -0.2) is 0 Å². The van der Waals surface area contributed by atoms with Crippen molar-refractivity contribution in [3.8, 4) is 22.3 Å². The molecule has 0 bridgehead atoms. The molecule has 1 aliphatic rings. The van der Waals surface area contributed by atoms with Crippen LogP contribution in [0.3, 0.4) is 0 Å². The van der Waals surface area contributed by atoms with Crippen molar-refractivity contribution in [3.63, 3.8) is 0 Å². The molecule has 0 spiro atoms. The Morgan fingerprint density at radius 3 is 1.72 bits per heavy atom. The highest BCUT2D eigenvalue weighted by atomic mass is 31.2. The van der Waals surface area contributed by atoms with Gasteiger partial charge >= 0.3 is 0 Å². The van der Waals surface area contributed by atoms with Crippen molar-refractivity contribution in [2.24, 2.45) is 0 Å². The lowest BCUT2D eigenvalue weighted by Crippen LogP contribution is -2.24. The minimum atomic E-state index is -3.12. The van der Waals surface area contributed by atoms with Gasteiger partial charge in [0.15, 0.2) is 7.14 Å². The third-order valence-corrected chi connectivity index (χ3v) is 13.0. The van der Waals surface area contributed by atoms with E-state index in [2.05, 4.69) is 92.7 Å². The van der Waals surface area contributed by atoms with E-state index in [1.807, 2.05) is 72.8 Å². The van der Waals surface area contributed by atoms with Gasteiger partial charge in [0.2, 0.25) is 0 Å². The zero-order valence-electron chi connectivity index (χ0n) is 25.7. The maximum atomic E-state index is 15.1. The fourth-order valence-electron chi connectivity index (χ4n) is 7.48. The van der Waals surface area contributed by atoms with E-state index in [1.54, 1.807) is 0 Å². The number of furan rings is 1. The minimum absolute atomic E-state index is 0.0697. The number of hydrogen-bond acceptors (Lipinski definition) is 2. The zero-order valence-corrected chi connectivity index (χ0v) is 26.6. The number of benzene rings is 7. The molecule has 0 aliphatic heterocycles. The summed E-state index contributed by atoms with van der Waals surface area (Å²) < 4.78 is 21.4. The average molecular weight is 611 g/mol. The van der Waals surface area contributed by atoms with Crippen LogP contribution < -0.4 is 15.9 Å². The predicted octanol–water partition coefficient (Wildman–Crippen LogP) is 10.4. The van der Waals surface area contributed by atoms with Crippen molar-refractivity contribution >= 4 is 55.8 Å². The van der Waals surface area contributed by atoms with E-state index >= 15 is 4.57 Å². The first-order valence-electron chi connectivity index (χ1n) is 15.8. The number of fused-ring (bicyclic) bond motifs is 7. The quantitative estimate of drug-likeness (QED) is 0.186. The van der Waals surface area contributed by atoms with Crippen molar-refractivity contribution in [3.05, 3.63) is 163 Å².